The molecule has 2 unspecified atom stereocenters. The SMILES string of the molecule is CN1C2C=C(c3c(F)c(F)c(F)c(F)c3F)CC1CCC2. The fraction of sp³-hybridized carbons (Fsp3) is 0.467. The van der Waals surface area contributed by atoms with Gasteiger partial charge in [0.1, 0.15) is 0 Å². The monoisotopic (exact) mass is 303 g/mol. The minimum absolute atomic E-state index is 0.0116. The van der Waals surface area contributed by atoms with Gasteiger partial charge in [-0.3, -0.25) is 4.90 Å². The van der Waals surface area contributed by atoms with Crippen molar-refractivity contribution in [2.45, 2.75) is 37.8 Å². The minimum Gasteiger partial charge on any atom is -0.297 e. The van der Waals surface area contributed by atoms with E-state index >= 15 is 0 Å². The van der Waals surface area contributed by atoms with Gasteiger partial charge in [0.2, 0.25) is 5.82 Å². The summed E-state index contributed by atoms with van der Waals surface area (Å²) in [5, 5.41) is 0. The topological polar surface area (TPSA) is 3.24 Å². The van der Waals surface area contributed by atoms with E-state index in [-0.39, 0.29) is 17.7 Å². The van der Waals surface area contributed by atoms with E-state index in [1.54, 1.807) is 6.08 Å². The maximum Gasteiger partial charge on any atom is 0.200 e. The molecule has 1 fully saturated rings. The molecule has 1 aromatic rings. The van der Waals surface area contributed by atoms with Crippen LogP contribution in [0, 0.1) is 29.1 Å². The van der Waals surface area contributed by atoms with E-state index in [1.165, 1.54) is 0 Å². The van der Waals surface area contributed by atoms with Gasteiger partial charge in [-0.25, -0.2) is 22.0 Å². The molecule has 0 N–H and O–H groups in total. The molecule has 0 aromatic heterocycles. The molecule has 2 bridgehead atoms. The van der Waals surface area contributed by atoms with Crippen molar-refractivity contribution >= 4 is 5.57 Å². The van der Waals surface area contributed by atoms with Crippen LogP contribution >= 0.6 is 0 Å². The van der Waals surface area contributed by atoms with Gasteiger partial charge in [-0.05, 0) is 31.9 Å². The van der Waals surface area contributed by atoms with Crippen LogP contribution in [0.4, 0.5) is 22.0 Å². The third-order valence-corrected chi connectivity index (χ3v) is 4.52. The average Bonchev–Trinajstić information content (AvgIpc) is 2.44. The lowest BCUT2D eigenvalue weighted by atomic mass is 9.83. The second-order valence-corrected chi connectivity index (χ2v) is 5.66. The molecule has 114 valence electrons. The van der Waals surface area contributed by atoms with Crippen LogP contribution in [0.15, 0.2) is 6.08 Å². The molecule has 21 heavy (non-hydrogen) atoms. The van der Waals surface area contributed by atoms with Crippen LogP contribution in [0.2, 0.25) is 0 Å². The van der Waals surface area contributed by atoms with Crippen molar-refractivity contribution in [1.82, 2.24) is 4.90 Å². The number of likely N-dealkylation sites (N-methyl/N-ethyl adjacent to an activating group) is 1. The summed E-state index contributed by atoms with van der Waals surface area (Å²) in [5.41, 5.74) is -0.549. The van der Waals surface area contributed by atoms with E-state index in [0.717, 1.165) is 19.3 Å². The summed E-state index contributed by atoms with van der Waals surface area (Å²) in [5.74, 6) is -9.34. The zero-order valence-electron chi connectivity index (χ0n) is 11.4. The molecule has 0 amide bonds. The predicted molar refractivity (Wildman–Crippen MR) is 68.0 cm³/mol. The average molecular weight is 303 g/mol. The molecule has 1 aromatic carbocycles. The van der Waals surface area contributed by atoms with Gasteiger partial charge < -0.3 is 0 Å². The van der Waals surface area contributed by atoms with Crippen LogP contribution in [0.3, 0.4) is 0 Å². The molecular formula is C15H14F5N. The third-order valence-electron chi connectivity index (χ3n) is 4.52. The Morgan fingerprint density at radius 1 is 0.905 bits per heavy atom. The highest BCUT2D eigenvalue weighted by Gasteiger charge is 2.35. The van der Waals surface area contributed by atoms with Crippen LogP contribution < -0.4 is 0 Å². The van der Waals surface area contributed by atoms with E-state index in [9.17, 15) is 22.0 Å². The summed E-state index contributed by atoms with van der Waals surface area (Å²) in [7, 11) is 1.92. The van der Waals surface area contributed by atoms with Crippen LogP contribution in [-0.4, -0.2) is 24.0 Å². The normalized spacial score (nSPS) is 25.9. The van der Waals surface area contributed by atoms with E-state index in [1.807, 2.05) is 7.05 Å². The first kappa shape index (κ1) is 14.5. The number of piperidine rings is 1. The van der Waals surface area contributed by atoms with Crippen molar-refractivity contribution in [3.8, 4) is 0 Å². The summed E-state index contributed by atoms with van der Waals surface area (Å²) in [6.45, 7) is 0. The Morgan fingerprint density at radius 3 is 2.05 bits per heavy atom. The van der Waals surface area contributed by atoms with Gasteiger partial charge in [0.05, 0.1) is 5.56 Å². The maximum atomic E-state index is 13.9. The number of nitrogens with zero attached hydrogens (tertiary/aromatic N) is 1. The summed E-state index contributed by atoms with van der Waals surface area (Å²) in [4.78, 5) is 2.10. The Kier molecular flexibility index (Phi) is 3.51. The number of rotatable bonds is 1. The summed E-state index contributed by atoms with van der Waals surface area (Å²) >= 11 is 0. The van der Waals surface area contributed by atoms with E-state index in [0.29, 0.717) is 6.42 Å². The minimum atomic E-state index is -2.11. The molecule has 0 saturated carbocycles. The maximum absolute atomic E-state index is 13.9. The lowest BCUT2D eigenvalue weighted by Crippen LogP contribution is -2.45. The van der Waals surface area contributed by atoms with Crippen LogP contribution in [0.5, 0.6) is 0 Å². The molecular weight excluding hydrogens is 289 g/mol. The Hall–Kier alpha value is -1.43. The standard InChI is InChI=1S/C15H14F5N/c1-21-8-3-2-4-9(21)6-7(5-8)10-11(16)13(18)15(20)14(19)12(10)17/h5,8-9H,2-4,6H2,1H3. The summed E-state index contributed by atoms with van der Waals surface area (Å²) in [6, 6.07) is 0.0706. The van der Waals surface area contributed by atoms with Crippen molar-refractivity contribution in [1.29, 1.82) is 0 Å². The zero-order chi connectivity index (χ0) is 15.3. The highest BCUT2D eigenvalue weighted by atomic mass is 19.2. The molecule has 6 heteroatoms. The number of hydrogen-bond donors (Lipinski definition) is 0. The Balaban J connectivity index is 2.14. The van der Waals surface area contributed by atoms with E-state index in [4.69, 9.17) is 0 Å². The lowest BCUT2D eigenvalue weighted by Gasteiger charge is -2.42. The zero-order valence-corrected chi connectivity index (χ0v) is 11.4. The largest absolute Gasteiger partial charge is 0.297 e. The molecule has 0 aliphatic carbocycles. The molecule has 2 aliphatic heterocycles. The number of benzene rings is 1. The van der Waals surface area contributed by atoms with Crippen molar-refractivity contribution in [3.05, 3.63) is 40.7 Å². The van der Waals surface area contributed by atoms with Crippen LogP contribution in [-0.2, 0) is 0 Å². The molecule has 2 heterocycles. The molecule has 3 rings (SSSR count). The van der Waals surface area contributed by atoms with Crippen molar-refractivity contribution in [3.63, 3.8) is 0 Å². The van der Waals surface area contributed by atoms with Gasteiger partial charge in [-0.2, -0.15) is 0 Å². The Morgan fingerprint density at radius 2 is 1.48 bits per heavy atom. The molecule has 1 nitrogen and oxygen atoms in total. The van der Waals surface area contributed by atoms with Gasteiger partial charge in [0.25, 0.3) is 0 Å². The fourth-order valence-electron chi connectivity index (χ4n) is 3.31. The number of halogens is 5. The van der Waals surface area contributed by atoms with Gasteiger partial charge in [-0.1, -0.05) is 12.5 Å². The smallest absolute Gasteiger partial charge is 0.200 e. The molecule has 0 radical (unpaired) electrons. The highest BCUT2D eigenvalue weighted by Crippen LogP contribution is 2.38. The van der Waals surface area contributed by atoms with Gasteiger partial charge in [0.15, 0.2) is 23.3 Å². The molecule has 0 spiro atoms. The summed E-state index contributed by atoms with van der Waals surface area (Å²) in [6.07, 6.45) is 4.62. The summed E-state index contributed by atoms with van der Waals surface area (Å²) < 4.78 is 67.5. The number of fused-ring (bicyclic) bond motifs is 2. The third kappa shape index (κ3) is 2.16. The van der Waals surface area contributed by atoms with Gasteiger partial charge in [0, 0.05) is 12.1 Å². The molecule has 2 aliphatic rings. The van der Waals surface area contributed by atoms with Crippen molar-refractivity contribution in [2.75, 3.05) is 7.05 Å². The van der Waals surface area contributed by atoms with E-state index < -0.39 is 34.6 Å². The molecule has 2 atom stereocenters. The number of hydrogen-bond acceptors (Lipinski definition) is 1. The Bertz CT molecular complexity index is 596. The molecule has 1 saturated heterocycles. The Labute approximate surface area is 119 Å². The first-order valence-electron chi connectivity index (χ1n) is 6.86. The fourth-order valence-corrected chi connectivity index (χ4v) is 3.31. The van der Waals surface area contributed by atoms with Crippen LogP contribution in [0.25, 0.3) is 5.57 Å². The second-order valence-electron chi connectivity index (χ2n) is 5.66. The first-order chi connectivity index (χ1) is 9.91. The second kappa shape index (κ2) is 5.09. The quantitative estimate of drug-likeness (QED) is 0.430. The lowest BCUT2D eigenvalue weighted by molar-refractivity contribution is 0.137. The van der Waals surface area contributed by atoms with Gasteiger partial charge in [-0.15, -0.1) is 0 Å². The van der Waals surface area contributed by atoms with Gasteiger partial charge >= 0.3 is 0 Å². The van der Waals surface area contributed by atoms with E-state index in [2.05, 4.69) is 4.90 Å². The first-order valence-corrected chi connectivity index (χ1v) is 6.86. The van der Waals surface area contributed by atoms with Crippen LogP contribution in [0.1, 0.15) is 31.2 Å². The predicted octanol–water partition coefficient (Wildman–Crippen LogP) is 4.02. The highest BCUT2D eigenvalue weighted by molar-refractivity contribution is 5.69. The van der Waals surface area contributed by atoms with Crippen molar-refractivity contribution in [2.24, 2.45) is 0 Å². The van der Waals surface area contributed by atoms with Crippen molar-refractivity contribution < 1.29 is 22.0 Å².